The number of piperidine rings is 1. The minimum absolute atomic E-state index is 0.301. The second kappa shape index (κ2) is 9.71. The molecule has 28 heavy (non-hydrogen) atoms. The lowest BCUT2D eigenvalue weighted by Crippen LogP contribution is -2.55. The Labute approximate surface area is 170 Å². The molecule has 0 bridgehead atoms. The van der Waals surface area contributed by atoms with Gasteiger partial charge in [0.2, 0.25) is 10.0 Å². The second-order valence-corrected chi connectivity index (χ2v) is 10.3. The van der Waals surface area contributed by atoms with Gasteiger partial charge in [0.15, 0.2) is 0 Å². The third-order valence-electron chi connectivity index (χ3n) is 6.18. The van der Waals surface area contributed by atoms with Crippen molar-refractivity contribution in [2.24, 2.45) is 7.05 Å². The van der Waals surface area contributed by atoms with Crippen LogP contribution in [0.2, 0.25) is 0 Å². The molecule has 1 atom stereocenters. The third-order valence-corrected chi connectivity index (χ3v) is 7.45. The molecule has 0 amide bonds. The van der Waals surface area contributed by atoms with Gasteiger partial charge in [-0.1, -0.05) is 0 Å². The van der Waals surface area contributed by atoms with Crippen molar-refractivity contribution in [2.45, 2.75) is 44.3 Å². The van der Waals surface area contributed by atoms with E-state index >= 15 is 0 Å². The number of hydrogen-bond donors (Lipinski definition) is 0. The molecule has 1 aromatic heterocycles. The summed E-state index contributed by atoms with van der Waals surface area (Å²) in [6.07, 6.45) is 7.51. The molecule has 160 valence electrons. The van der Waals surface area contributed by atoms with Crippen LogP contribution in [0, 0.1) is 0 Å². The summed E-state index contributed by atoms with van der Waals surface area (Å²) in [6, 6.07) is 5.04. The normalized spacial score (nSPS) is 23.0. The number of hydrogen-bond acceptors (Lipinski definition) is 5. The summed E-state index contributed by atoms with van der Waals surface area (Å²) in [7, 11) is 1.12. The number of sulfonamides is 1. The van der Waals surface area contributed by atoms with Gasteiger partial charge >= 0.3 is 0 Å². The van der Waals surface area contributed by atoms with E-state index in [0.717, 1.165) is 58.5 Å². The lowest BCUT2D eigenvalue weighted by molar-refractivity contribution is 0.00269. The number of nitrogens with zero attached hydrogens (tertiary/aromatic N) is 4. The van der Waals surface area contributed by atoms with Gasteiger partial charge in [-0.25, -0.2) is 12.7 Å². The van der Waals surface area contributed by atoms with Crippen molar-refractivity contribution in [2.75, 3.05) is 52.7 Å². The van der Waals surface area contributed by atoms with Gasteiger partial charge in [-0.2, -0.15) is 0 Å². The van der Waals surface area contributed by atoms with Crippen LogP contribution < -0.4 is 0 Å². The van der Waals surface area contributed by atoms with E-state index in [4.69, 9.17) is 4.74 Å². The van der Waals surface area contributed by atoms with Crippen molar-refractivity contribution < 1.29 is 13.2 Å². The molecule has 0 aliphatic carbocycles. The van der Waals surface area contributed by atoms with Crippen LogP contribution in [-0.2, 0) is 28.4 Å². The zero-order valence-electron chi connectivity index (χ0n) is 17.6. The summed E-state index contributed by atoms with van der Waals surface area (Å²) in [5, 5.41) is 0. The molecule has 2 saturated heterocycles. The first-order chi connectivity index (χ1) is 13.3. The highest BCUT2D eigenvalue weighted by Crippen LogP contribution is 2.24. The van der Waals surface area contributed by atoms with Gasteiger partial charge in [-0.05, 0) is 44.9 Å². The molecular formula is C20H36N4O3S. The SMILES string of the molecule is CN(CCN(C1CCOCC1)C1CCCN(S(C)(=O)=O)C1)Cc1cccn1C. The lowest BCUT2D eigenvalue weighted by atomic mass is 9.99. The van der Waals surface area contributed by atoms with E-state index in [0.29, 0.717) is 25.2 Å². The van der Waals surface area contributed by atoms with Crippen LogP contribution in [0.3, 0.4) is 0 Å². The van der Waals surface area contributed by atoms with E-state index in [2.05, 4.69) is 46.8 Å². The lowest BCUT2D eigenvalue weighted by Gasteiger charge is -2.44. The molecule has 1 unspecified atom stereocenters. The number of aromatic nitrogens is 1. The molecule has 0 spiro atoms. The summed E-state index contributed by atoms with van der Waals surface area (Å²) in [5.74, 6) is 0. The summed E-state index contributed by atoms with van der Waals surface area (Å²) in [5.41, 5.74) is 1.31. The average molecular weight is 413 g/mol. The Morgan fingerprint density at radius 3 is 2.57 bits per heavy atom. The molecule has 8 heteroatoms. The first-order valence-electron chi connectivity index (χ1n) is 10.4. The summed E-state index contributed by atoms with van der Waals surface area (Å²) >= 11 is 0. The molecule has 3 heterocycles. The van der Waals surface area contributed by atoms with Crippen molar-refractivity contribution in [1.82, 2.24) is 18.7 Å². The van der Waals surface area contributed by atoms with Crippen LogP contribution in [0.4, 0.5) is 0 Å². The van der Waals surface area contributed by atoms with Gasteiger partial charge < -0.3 is 9.30 Å². The topological polar surface area (TPSA) is 58.0 Å². The highest BCUT2D eigenvalue weighted by atomic mass is 32.2. The van der Waals surface area contributed by atoms with Crippen LogP contribution in [0.15, 0.2) is 18.3 Å². The van der Waals surface area contributed by atoms with Crippen molar-refractivity contribution in [3.8, 4) is 0 Å². The molecule has 2 aliphatic rings. The van der Waals surface area contributed by atoms with Crippen molar-refractivity contribution in [3.05, 3.63) is 24.0 Å². The second-order valence-electron chi connectivity index (χ2n) is 8.35. The van der Waals surface area contributed by atoms with Gasteiger partial charge in [0.25, 0.3) is 0 Å². The van der Waals surface area contributed by atoms with Crippen LogP contribution in [0.5, 0.6) is 0 Å². The molecule has 0 aromatic carbocycles. The maximum absolute atomic E-state index is 12.1. The maximum atomic E-state index is 12.1. The Morgan fingerprint density at radius 2 is 1.93 bits per heavy atom. The number of aryl methyl sites for hydroxylation is 1. The standard InChI is InChI=1S/C20H36N4O3S/c1-21(16-19-6-4-10-22(19)2)12-13-24(18-8-14-27-15-9-18)20-7-5-11-23(17-20)28(3,25)26/h4,6,10,18,20H,5,7-9,11-17H2,1-3H3. The smallest absolute Gasteiger partial charge is 0.211 e. The molecule has 0 saturated carbocycles. The quantitative estimate of drug-likeness (QED) is 0.645. The highest BCUT2D eigenvalue weighted by Gasteiger charge is 2.33. The molecule has 0 radical (unpaired) electrons. The van der Waals surface area contributed by atoms with Crippen molar-refractivity contribution >= 4 is 10.0 Å². The fourth-order valence-electron chi connectivity index (χ4n) is 4.48. The number of rotatable bonds is 8. The predicted octanol–water partition coefficient (Wildman–Crippen LogP) is 1.36. The number of likely N-dealkylation sites (N-methyl/N-ethyl adjacent to an activating group) is 1. The zero-order valence-corrected chi connectivity index (χ0v) is 18.4. The van der Waals surface area contributed by atoms with Gasteiger partial charge in [0.05, 0.1) is 6.26 Å². The highest BCUT2D eigenvalue weighted by molar-refractivity contribution is 7.88. The minimum Gasteiger partial charge on any atom is -0.381 e. The van der Waals surface area contributed by atoms with Gasteiger partial charge in [-0.3, -0.25) is 9.80 Å². The largest absolute Gasteiger partial charge is 0.381 e. The van der Waals surface area contributed by atoms with E-state index in [1.807, 2.05) is 0 Å². The number of ether oxygens (including phenoxy) is 1. The summed E-state index contributed by atoms with van der Waals surface area (Å²) < 4.78 is 33.6. The molecule has 1 aromatic rings. The van der Waals surface area contributed by atoms with Gasteiger partial charge in [-0.15, -0.1) is 0 Å². The zero-order chi connectivity index (χ0) is 20.1. The first kappa shape index (κ1) is 21.8. The van der Waals surface area contributed by atoms with E-state index in [1.165, 1.54) is 11.9 Å². The van der Waals surface area contributed by atoms with Crippen molar-refractivity contribution in [1.29, 1.82) is 0 Å². The molecule has 2 aliphatic heterocycles. The fraction of sp³-hybridized carbons (Fsp3) is 0.800. The van der Waals surface area contributed by atoms with Crippen LogP contribution in [0.1, 0.15) is 31.4 Å². The van der Waals surface area contributed by atoms with Crippen molar-refractivity contribution in [3.63, 3.8) is 0 Å². The molecule has 3 rings (SSSR count). The summed E-state index contributed by atoms with van der Waals surface area (Å²) in [4.78, 5) is 4.94. The summed E-state index contributed by atoms with van der Waals surface area (Å²) in [6.45, 7) is 5.75. The molecular weight excluding hydrogens is 376 g/mol. The third kappa shape index (κ3) is 5.79. The molecule has 0 N–H and O–H groups in total. The Kier molecular flexibility index (Phi) is 7.55. The molecule has 2 fully saturated rings. The maximum Gasteiger partial charge on any atom is 0.211 e. The predicted molar refractivity (Wildman–Crippen MR) is 112 cm³/mol. The van der Waals surface area contributed by atoms with E-state index in [1.54, 1.807) is 4.31 Å². The van der Waals surface area contributed by atoms with E-state index in [-0.39, 0.29) is 0 Å². The van der Waals surface area contributed by atoms with Crippen LogP contribution >= 0.6 is 0 Å². The minimum atomic E-state index is -3.12. The van der Waals surface area contributed by atoms with E-state index < -0.39 is 10.0 Å². The Bertz CT molecular complexity index is 715. The fourth-order valence-corrected chi connectivity index (χ4v) is 5.38. The van der Waals surface area contributed by atoms with Crippen LogP contribution in [-0.4, -0.2) is 91.9 Å². The van der Waals surface area contributed by atoms with Crippen LogP contribution in [0.25, 0.3) is 0 Å². The Hall–Kier alpha value is -0.930. The first-order valence-corrected chi connectivity index (χ1v) is 12.3. The molecule has 7 nitrogen and oxygen atoms in total. The Morgan fingerprint density at radius 1 is 1.18 bits per heavy atom. The van der Waals surface area contributed by atoms with Gasteiger partial charge in [0.1, 0.15) is 0 Å². The van der Waals surface area contributed by atoms with E-state index in [9.17, 15) is 8.42 Å². The Balaban J connectivity index is 1.64. The average Bonchev–Trinajstić information content (AvgIpc) is 3.07. The monoisotopic (exact) mass is 412 g/mol. The van der Waals surface area contributed by atoms with Gasteiger partial charge in [0, 0.05) is 77.0 Å².